The molecule has 0 aliphatic heterocycles. The molecule has 11 nitrogen and oxygen atoms in total. The van der Waals surface area contributed by atoms with Crippen molar-refractivity contribution in [1.82, 2.24) is 15.5 Å². The van der Waals surface area contributed by atoms with E-state index in [0.717, 1.165) is 22.3 Å². The van der Waals surface area contributed by atoms with Crippen LogP contribution < -0.4 is 22.1 Å². The van der Waals surface area contributed by atoms with Gasteiger partial charge in [0.05, 0.1) is 12.3 Å². The van der Waals surface area contributed by atoms with Gasteiger partial charge in [0.2, 0.25) is 23.6 Å². The summed E-state index contributed by atoms with van der Waals surface area (Å²) < 4.78 is 5.39. The number of likely N-dealkylation sites (N-methyl/N-ethyl adjacent to an activating group) is 1. The first-order valence-corrected chi connectivity index (χ1v) is 13.8. The zero-order valence-corrected chi connectivity index (χ0v) is 24.8. The normalized spacial score (nSPS) is 13.7. The number of aromatic hydroxyl groups is 1. The standard InChI is InChI=1S/C32H39N5O6/c1-18-14-23(38)15-19(2)24(18)17-25(33)32(42)37(5)21(4)30(40)35-26(16-22-10-7-6-8-11-22)31(41)36-28(20(3)29(34)39)27-12-9-13-43-27/h6-15,21,25-26,28,38H,3,16-17,33H2,1-2,4-5H3,(H2,34,39)(H,35,40)(H,36,41)/t21-,25?,26+,28?/m1/s1. The van der Waals surface area contributed by atoms with Crippen LogP contribution in [0.4, 0.5) is 0 Å². The van der Waals surface area contributed by atoms with E-state index in [9.17, 15) is 24.3 Å². The van der Waals surface area contributed by atoms with E-state index < -0.39 is 47.8 Å². The minimum atomic E-state index is -1.09. The second kappa shape index (κ2) is 14.3. The van der Waals surface area contributed by atoms with Crippen LogP contribution in [-0.4, -0.2) is 58.8 Å². The Labute approximate surface area is 250 Å². The van der Waals surface area contributed by atoms with Crippen molar-refractivity contribution in [1.29, 1.82) is 0 Å². The Balaban J connectivity index is 1.77. The van der Waals surface area contributed by atoms with Crippen LogP contribution in [0.5, 0.6) is 5.75 Å². The van der Waals surface area contributed by atoms with Gasteiger partial charge in [0.15, 0.2) is 0 Å². The highest BCUT2D eigenvalue weighted by molar-refractivity contribution is 5.95. The predicted octanol–water partition coefficient (Wildman–Crippen LogP) is 1.95. The van der Waals surface area contributed by atoms with Crippen LogP contribution in [0.1, 0.15) is 41.0 Å². The molecule has 4 atom stereocenters. The van der Waals surface area contributed by atoms with E-state index >= 15 is 0 Å². The number of benzene rings is 2. The summed E-state index contributed by atoms with van der Waals surface area (Å²) in [7, 11) is 1.47. The highest BCUT2D eigenvalue weighted by Crippen LogP contribution is 2.23. The summed E-state index contributed by atoms with van der Waals surface area (Å²) in [6.45, 7) is 8.88. The highest BCUT2D eigenvalue weighted by Gasteiger charge is 2.32. The molecule has 0 radical (unpaired) electrons. The minimum absolute atomic E-state index is 0.0973. The number of rotatable bonds is 13. The number of primary amides is 1. The van der Waals surface area contributed by atoms with Crippen LogP contribution in [0, 0.1) is 13.8 Å². The van der Waals surface area contributed by atoms with Crippen molar-refractivity contribution in [3.63, 3.8) is 0 Å². The van der Waals surface area contributed by atoms with Gasteiger partial charge in [-0.2, -0.15) is 0 Å². The van der Waals surface area contributed by atoms with Gasteiger partial charge in [-0.05, 0) is 73.7 Å². The molecule has 3 rings (SSSR count). The van der Waals surface area contributed by atoms with Crippen LogP contribution >= 0.6 is 0 Å². The van der Waals surface area contributed by atoms with Gasteiger partial charge in [-0.1, -0.05) is 36.9 Å². The molecule has 0 aliphatic rings. The number of hydrogen-bond donors (Lipinski definition) is 5. The van der Waals surface area contributed by atoms with Gasteiger partial charge in [-0.3, -0.25) is 19.2 Å². The maximum absolute atomic E-state index is 13.6. The van der Waals surface area contributed by atoms with Gasteiger partial charge in [0, 0.05) is 19.0 Å². The Morgan fingerprint density at radius 2 is 1.60 bits per heavy atom. The Kier molecular flexibility index (Phi) is 10.9. The Bertz CT molecular complexity index is 1450. The van der Waals surface area contributed by atoms with Crippen LogP contribution in [0.2, 0.25) is 0 Å². The fraction of sp³-hybridized carbons (Fsp3) is 0.312. The minimum Gasteiger partial charge on any atom is -0.508 e. The molecule has 1 heterocycles. The van der Waals surface area contributed by atoms with Crippen molar-refractivity contribution in [3.05, 3.63) is 101 Å². The van der Waals surface area contributed by atoms with E-state index in [1.807, 2.05) is 32.0 Å². The van der Waals surface area contributed by atoms with Gasteiger partial charge in [0.1, 0.15) is 29.6 Å². The molecule has 0 aliphatic carbocycles. The van der Waals surface area contributed by atoms with Crippen molar-refractivity contribution < 1.29 is 28.7 Å². The molecule has 2 unspecified atom stereocenters. The number of furan rings is 1. The lowest BCUT2D eigenvalue weighted by molar-refractivity contribution is -0.140. The van der Waals surface area contributed by atoms with Gasteiger partial charge in [-0.25, -0.2) is 0 Å². The maximum atomic E-state index is 13.6. The number of carbonyl (C=O) groups is 4. The zero-order chi connectivity index (χ0) is 31.8. The molecule has 228 valence electrons. The summed E-state index contributed by atoms with van der Waals surface area (Å²) in [6.07, 6.45) is 1.72. The molecular formula is C32H39N5O6. The number of phenols is 1. The van der Waals surface area contributed by atoms with Gasteiger partial charge >= 0.3 is 0 Å². The third-order valence-electron chi connectivity index (χ3n) is 7.42. The smallest absolute Gasteiger partial charge is 0.246 e. The van der Waals surface area contributed by atoms with Crippen LogP contribution in [0.15, 0.2) is 77.4 Å². The lowest BCUT2D eigenvalue weighted by Crippen LogP contribution is -2.56. The molecule has 0 spiro atoms. The van der Waals surface area contributed by atoms with E-state index in [1.165, 1.54) is 25.1 Å². The third kappa shape index (κ3) is 8.32. The quantitative estimate of drug-likeness (QED) is 0.189. The van der Waals surface area contributed by atoms with Gasteiger partial charge in [-0.15, -0.1) is 0 Å². The molecule has 7 N–H and O–H groups in total. The van der Waals surface area contributed by atoms with Crippen molar-refractivity contribution in [2.24, 2.45) is 11.5 Å². The summed E-state index contributed by atoms with van der Waals surface area (Å²) in [5.74, 6) is -2.11. The van der Waals surface area contributed by atoms with Crippen LogP contribution in [-0.2, 0) is 32.0 Å². The molecule has 3 aromatic rings. The fourth-order valence-corrected chi connectivity index (χ4v) is 4.75. The summed E-state index contributed by atoms with van der Waals surface area (Å²) in [5.41, 5.74) is 14.8. The lowest BCUT2D eigenvalue weighted by Gasteiger charge is -2.29. The maximum Gasteiger partial charge on any atom is 0.246 e. The first-order valence-electron chi connectivity index (χ1n) is 13.8. The van der Waals surface area contributed by atoms with E-state index in [0.29, 0.717) is 0 Å². The van der Waals surface area contributed by atoms with Crippen LogP contribution in [0.25, 0.3) is 0 Å². The largest absolute Gasteiger partial charge is 0.508 e. The van der Waals surface area contributed by atoms with Crippen molar-refractivity contribution in [2.45, 2.75) is 57.8 Å². The number of aryl methyl sites for hydroxylation is 2. The van der Waals surface area contributed by atoms with Crippen molar-refractivity contribution in [2.75, 3.05) is 7.05 Å². The van der Waals surface area contributed by atoms with Crippen LogP contribution in [0.3, 0.4) is 0 Å². The highest BCUT2D eigenvalue weighted by atomic mass is 16.3. The second-order valence-corrected chi connectivity index (χ2v) is 10.6. The summed E-state index contributed by atoms with van der Waals surface area (Å²) in [6, 6.07) is 11.4. The number of carbonyl (C=O) groups excluding carboxylic acids is 4. The number of phenolic OH excluding ortho intramolecular Hbond substituents is 1. The fourth-order valence-electron chi connectivity index (χ4n) is 4.75. The average molecular weight is 590 g/mol. The number of amides is 4. The van der Waals surface area contributed by atoms with E-state index in [-0.39, 0.29) is 29.9 Å². The molecular weight excluding hydrogens is 550 g/mol. The zero-order valence-electron chi connectivity index (χ0n) is 24.8. The Morgan fingerprint density at radius 1 is 0.977 bits per heavy atom. The predicted molar refractivity (Wildman–Crippen MR) is 161 cm³/mol. The van der Waals surface area contributed by atoms with Gasteiger partial charge < -0.3 is 36.5 Å². The summed E-state index contributed by atoms with van der Waals surface area (Å²) >= 11 is 0. The monoisotopic (exact) mass is 589 g/mol. The molecule has 2 aromatic carbocycles. The first kappa shape index (κ1) is 32.6. The Hall–Kier alpha value is -4.90. The molecule has 0 fully saturated rings. The Morgan fingerprint density at radius 3 is 2.16 bits per heavy atom. The third-order valence-corrected chi connectivity index (χ3v) is 7.42. The van der Waals surface area contributed by atoms with E-state index in [2.05, 4.69) is 17.2 Å². The molecule has 0 bridgehead atoms. The van der Waals surface area contributed by atoms with Crippen molar-refractivity contribution >= 4 is 23.6 Å². The average Bonchev–Trinajstić information content (AvgIpc) is 3.50. The number of nitrogens with zero attached hydrogens (tertiary/aromatic N) is 1. The molecule has 0 saturated heterocycles. The number of nitrogens with two attached hydrogens (primary N) is 2. The van der Waals surface area contributed by atoms with E-state index in [4.69, 9.17) is 15.9 Å². The van der Waals surface area contributed by atoms with Gasteiger partial charge in [0.25, 0.3) is 0 Å². The first-order chi connectivity index (χ1) is 20.3. The summed E-state index contributed by atoms with van der Waals surface area (Å²) in [5, 5.41) is 15.3. The number of nitrogens with one attached hydrogen (secondary N) is 2. The molecule has 43 heavy (non-hydrogen) atoms. The van der Waals surface area contributed by atoms with Crippen molar-refractivity contribution in [3.8, 4) is 5.75 Å². The second-order valence-electron chi connectivity index (χ2n) is 10.6. The summed E-state index contributed by atoms with van der Waals surface area (Å²) in [4.78, 5) is 53.4. The molecule has 4 amide bonds. The molecule has 0 saturated carbocycles. The number of hydrogen-bond acceptors (Lipinski definition) is 7. The molecule has 11 heteroatoms. The SMILES string of the molecule is C=C(C(N)=O)C(NC(=O)[C@H](Cc1ccccc1)NC(=O)[C@@H](C)N(C)C(=O)C(N)Cc1c(C)cc(O)cc1C)c1ccco1. The van der Waals surface area contributed by atoms with E-state index in [1.54, 1.807) is 36.4 Å². The lowest BCUT2D eigenvalue weighted by atomic mass is 9.95. The molecule has 1 aromatic heterocycles. The topological polar surface area (TPSA) is 181 Å².